The highest BCUT2D eigenvalue weighted by Crippen LogP contribution is 2.25. The van der Waals surface area contributed by atoms with Crippen LogP contribution in [-0.4, -0.2) is 26.1 Å². The number of amides is 1. The first kappa shape index (κ1) is 16.4. The Hall–Kier alpha value is -2.49. The normalized spacial score (nSPS) is 15.2. The minimum absolute atomic E-state index is 0.0776. The first-order chi connectivity index (χ1) is 11.7. The molecule has 0 bridgehead atoms. The Morgan fingerprint density at radius 1 is 1.04 bits per heavy atom. The Balaban J connectivity index is 1.53. The summed E-state index contributed by atoms with van der Waals surface area (Å²) in [6.45, 7) is 3.94. The van der Waals surface area contributed by atoms with Crippen LogP contribution in [0.4, 0.5) is 11.4 Å². The van der Waals surface area contributed by atoms with Gasteiger partial charge in [0.2, 0.25) is 5.91 Å². The van der Waals surface area contributed by atoms with Gasteiger partial charge >= 0.3 is 0 Å². The van der Waals surface area contributed by atoms with Crippen molar-refractivity contribution in [3.05, 3.63) is 54.1 Å². The molecule has 0 aliphatic carbocycles. The Morgan fingerprint density at radius 3 is 2.25 bits per heavy atom. The van der Waals surface area contributed by atoms with Gasteiger partial charge in [0.05, 0.1) is 7.11 Å². The van der Waals surface area contributed by atoms with Crippen molar-refractivity contribution in [1.82, 2.24) is 0 Å². The average molecular weight is 324 g/mol. The molecule has 2 aromatic carbocycles. The maximum absolute atomic E-state index is 12.4. The molecule has 1 aliphatic heterocycles. The van der Waals surface area contributed by atoms with Crippen LogP contribution in [0.5, 0.6) is 5.75 Å². The van der Waals surface area contributed by atoms with E-state index in [0.717, 1.165) is 37.4 Å². The number of rotatable bonds is 4. The van der Waals surface area contributed by atoms with E-state index in [9.17, 15) is 4.79 Å². The van der Waals surface area contributed by atoms with Crippen molar-refractivity contribution >= 4 is 17.3 Å². The van der Waals surface area contributed by atoms with E-state index in [4.69, 9.17) is 4.74 Å². The van der Waals surface area contributed by atoms with E-state index in [-0.39, 0.29) is 11.8 Å². The molecule has 4 nitrogen and oxygen atoms in total. The molecule has 4 heteroatoms. The summed E-state index contributed by atoms with van der Waals surface area (Å²) in [6.07, 6.45) is 1.77. The highest BCUT2D eigenvalue weighted by molar-refractivity contribution is 5.92. The molecule has 0 unspecified atom stereocenters. The fourth-order valence-corrected chi connectivity index (χ4v) is 3.07. The summed E-state index contributed by atoms with van der Waals surface area (Å²) in [4.78, 5) is 14.8. The van der Waals surface area contributed by atoms with E-state index in [1.807, 2.05) is 24.3 Å². The molecule has 24 heavy (non-hydrogen) atoms. The lowest BCUT2D eigenvalue weighted by molar-refractivity contribution is -0.120. The minimum atomic E-state index is 0.0776. The average Bonchev–Trinajstić information content (AvgIpc) is 2.63. The molecule has 0 aromatic heterocycles. The fraction of sp³-hybridized carbons (Fsp3) is 0.350. The third-order valence-corrected chi connectivity index (χ3v) is 4.62. The zero-order chi connectivity index (χ0) is 16.9. The standard InChI is InChI=1S/C20H24N2O2/c1-15-3-7-18(8-4-15)22-13-11-16(12-14-22)20(23)21-17-5-9-19(24-2)10-6-17/h3-10,16H,11-14H2,1-2H3,(H,21,23). The second kappa shape index (κ2) is 7.39. The van der Waals surface area contributed by atoms with Crippen LogP contribution in [-0.2, 0) is 4.79 Å². The van der Waals surface area contributed by atoms with Gasteiger partial charge in [0.1, 0.15) is 5.75 Å². The number of aryl methyl sites for hydroxylation is 1. The second-order valence-electron chi connectivity index (χ2n) is 6.31. The molecule has 0 spiro atoms. The molecule has 1 saturated heterocycles. The molecule has 0 radical (unpaired) electrons. The topological polar surface area (TPSA) is 41.6 Å². The Labute approximate surface area is 143 Å². The van der Waals surface area contributed by atoms with Gasteiger partial charge in [-0.25, -0.2) is 0 Å². The Morgan fingerprint density at radius 2 is 1.67 bits per heavy atom. The number of nitrogens with zero attached hydrogens (tertiary/aromatic N) is 1. The molecule has 126 valence electrons. The van der Waals surface area contributed by atoms with Crippen molar-refractivity contribution in [2.75, 3.05) is 30.4 Å². The summed E-state index contributed by atoms with van der Waals surface area (Å²) in [5, 5.41) is 3.01. The number of methoxy groups -OCH3 is 1. The summed E-state index contributed by atoms with van der Waals surface area (Å²) < 4.78 is 5.13. The summed E-state index contributed by atoms with van der Waals surface area (Å²) in [5.74, 6) is 0.983. The van der Waals surface area contributed by atoms with Crippen molar-refractivity contribution in [2.24, 2.45) is 5.92 Å². The quantitative estimate of drug-likeness (QED) is 0.928. The zero-order valence-electron chi connectivity index (χ0n) is 14.3. The largest absolute Gasteiger partial charge is 0.497 e. The summed E-state index contributed by atoms with van der Waals surface area (Å²) in [7, 11) is 1.63. The number of ether oxygens (including phenoxy) is 1. The van der Waals surface area contributed by atoms with Crippen LogP contribution in [0.3, 0.4) is 0 Å². The van der Waals surface area contributed by atoms with Gasteiger partial charge in [-0.1, -0.05) is 17.7 Å². The predicted octanol–water partition coefficient (Wildman–Crippen LogP) is 3.86. The highest BCUT2D eigenvalue weighted by atomic mass is 16.5. The number of benzene rings is 2. The van der Waals surface area contributed by atoms with Gasteiger partial charge in [0.15, 0.2) is 0 Å². The van der Waals surface area contributed by atoms with Crippen LogP contribution in [0.15, 0.2) is 48.5 Å². The van der Waals surface area contributed by atoms with Crippen LogP contribution in [0, 0.1) is 12.8 Å². The molecule has 1 heterocycles. The molecule has 0 atom stereocenters. The molecule has 1 N–H and O–H groups in total. The number of carbonyl (C=O) groups is 1. The van der Waals surface area contributed by atoms with Crippen molar-refractivity contribution in [2.45, 2.75) is 19.8 Å². The summed E-state index contributed by atoms with van der Waals surface area (Å²) >= 11 is 0. The number of hydrogen-bond donors (Lipinski definition) is 1. The molecule has 1 amide bonds. The number of anilines is 2. The Kier molecular flexibility index (Phi) is 5.04. The molecular weight excluding hydrogens is 300 g/mol. The maximum atomic E-state index is 12.4. The minimum Gasteiger partial charge on any atom is -0.497 e. The van der Waals surface area contributed by atoms with Gasteiger partial charge in [0.25, 0.3) is 0 Å². The number of piperidine rings is 1. The van der Waals surface area contributed by atoms with Gasteiger partial charge in [-0.05, 0) is 56.2 Å². The van der Waals surface area contributed by atoms with Crippen LogP contribution in [0.25, 0.3) is 0 Å². The number of carbonyl (C=O) groups excluding carboxylic acids is 1. The number of nitrogens with one attached hydrogen (secondary N) is 1. The highest BCUT2D eigenvalue weighted by Gasteiger charge is 2.25. The lowest BCUT2D eigenvalue weighted by atomic mass is 9.95. The maximum Gasteiger partial charge on any atom is 0.227 e. The van der Waals surface area contributed by atoms with E-state index in [1.165, 1.54) is 11.3 Å². The smallest absolute Gasteiger partial charge is 0.227 e. The van der Waals surface area contributed by atoms with Crippen LogP contribution in [0.2, 0.25) is 0 Å². The van der Waals surface area contributed by atoms with E-state index < -0.39 is 0 Å². The predicted molar refractivity (Wildman–Crippen MR) is 97.7 cm³/mol. The third-order valence-electron chi connectivity index (χ3n) is 4.62. The first-order valence-corrected chi connectivity index (χ1v) is 8.42. The van der Waals surface area contributed by atoms with Crippen molar-refractivity contribution in [1.29, 1.82) is 0 Å². The van der Waals surface area contributed by atoms with Gasteiger partial charge in [0, 0.05) is 30.4 Å². The number of hydrogen-bond acceptors (Lipinski definition) is 3. The second-order valence-corrected chi connectivity index (χ2v) is 6.31. The van der Waals surface area contributed by atoms with Gasteiger partial charge < -0.3 is 15.0 Å². The zero-order valence-corrected chi connectivity index (χ0v) is 14.3. The monoisotopic (exact) mass is 324 g/mol. The van der Waals surface area contributed by atoms with E-state index >= 15 is 0 Å². The molecule has 1 fully saturated rings. The molecule has 2 aromatic rings. The van der Waals surface area contributed by atoms with Gasteiger partial charge in [-0.2, -0.15) is 0 Å². The van der Waals surface area contributed by atoms with E-state index in [2.05, 4.69) is 41.4 Å². The lowest BCUT2D eigenvalue weighted by Crippen LogP contribution is -2.38. The van der Waals surface area contributed by atoms with Crippen molar-refractivity contribution < 1.29 is 9.53 Å². The van der Waals surface area contributed by atoms with Crippen LogP contribution in [0.1, 0.15) is 18.4 Å². The molecule has 0 saturated carbocycles. The molecule has 3 rings (SSSR count). The molecule has 1 aliphatic rings. The van der Waals surface area contributed by atoms with Crippen LogP contribution < -0.4 is 15.0 Å². The van der Waals surface area contributed by atoms with E-state index in [0.29, 0.717) is 0 Å². The fourth-order valence-electron chi connectivity index (χ4n) is 3.07. The summed E-state index contributed by atoms with van der Waals surface area (Å²) in [6, 6.07) is 16.1. The third kappa shape index (κ3) is 3.88. The Bertz CT molecular complexity index is 672. The van der Waals surface area contributed by atoms with Crippen molar-refractivity contribution in [3.63, 3.8) is 0 Å². The SMILES string of the molecule is COc1ccc(NC(=O)C2CCN(c3ccc(C)cc3)CC2)cc1. The van der Waals surface area contributed by atoms with Crippen molar-refractivity contribution in [3.8, 4) is 5.75 Å². The van der Waals surface area contributed by atoms with Gasteiger partial charge in [-0.3, -0.25) is 4.79 Å². The lowest BCUT2D eigenvalue weighted by Gasteiger charge is -2.33. The van der Waals surface area contributed by atoms with E-state index in [1.54, 1.807) is 7.11 Å². The van der Waals surface area contributed by atoms with Crippen LogP contribution >= 0.6 is 0 Å². The van der Waals surface area contributed by atoms with Gasteiger partial charge in [-0.15, -0.1) is 0 Å². The first-order valence-electron chi connectivity index (χ1n) is 8.42. The molecular formula is C20H24N2O2. The summed E-state index contributed by atoms with van der Waals surface area (Å²) in [5.41, 5.74) is 3.34.